The van der Waals surface area contributed by atoms with Gasteiger partial charge in [0.05, 0.1) is 11.1 Å². The monoisotopic (exact) mass is 350 g/mol. The maximum Gasteiger partial charge on any atom is 0.416 e. The number of hydrogen-bond donors (Lipinski definition) is 2. The highest BCUT2D eigenvalue weighted by Crippen LogP contribution is 2.30. The van der Waals surface area contributed by atoms with Crippen molar-refractivity contribution in [3.63, 3.8) is 0 Å². The molecule has 0 saturated heterocycles. The van der Waals surface area contributed by atoms with E-state index in [-0.39, 0.29) is 11.3 Å². The van der Waals surface area contributed by atoms with E-state index in [4.69, 9.17) is 5.26 Å². The summed E-state index contributed by atoms with van der Waals surface area (Å²) in [4.78, 5) is 12.1. The fraction of sp³-hybridized carbons (Fsp3) is 0.0588. The van der Waals surface area contributed by atoms with Crippen LogP contribution in [0, 0.1) is 17.1 Å². The van der Waals surface area contributed by atoms with Crippen molar-refractivity contribution in [1.29, 1.82) is 5.26 Å². The average molecular weight is 350 g/mol. The highest BCUT2D eigenvalue weighted by Gasteiger charge is 2.30. The predicted molar refractivity (Wildman–Crippen MR) is 81.6 cm³/mol. The molecular formula is C17H10F4N2O2. The smallest absolute Gasteiger partial charge is 0.416 e. The van der Waals surface area contributed by atoms with Gasteiger partial charge in [-0.05, 0) is 36.4 Å². The van der Waals surface area contributed by atoms with Crippen LogP contribution in [0.15, 0.2) is 54.1 Å². The summed E-state index contributed by atoms with van der Waals surface area (Å²) >= 11 is 0. The summed E-state index contributed by atoms with van der Waals surface area (Å²) in [6.07, 6.45) is -4.52. The first-order chi connectivity index (χ1) is 11.7. The molecule has 0 heterocycles. The predicted octanol–water partition coefficient (Wildman–Crippen LogP) is 4.28. The molecule has 2 aromatic carbocycles. The number of halogens is 4. The largest absolute Gasteiger partial charge is 0.506 e. The van der Waals surface area contributed by atoms with Crippen LogP contribution in [-0.2, 0) is 11.0 Å². The Kier molecular flexibility index (Phi) is 5.08. The van der Waals surface area contributed by atoms with Crippen LogP contribution in [0.1, 0.15) is 11.1 Å². The number of rotatable bonds is 3. The van der Waals surface area contributed by atoms with Crippen molar-refractivity contribution < 1.29 is 27.5 Å². The van der Waals surface area contributed by atoms with Gasteiger partial charge in [-0.25, -0.2) is 4.39 Å². The normalized spacial score (nSPS) is 12.1. The number of aliphatic hydroxyl groups excluding tert-OH is 1. The highest BCUT2D eigenvalue weighted by atomic mass is 19.4. The van der Waals surface area contributed by atoms with Crippen LogP contribution >= 0.6 is 0 Å². The van der Waals surface area contributed by atoms with Gasteiger partial charge in [-0.2, -0.15) is 18.4 Å². The Morgan fingerprint density at radius 2 is 1.68 bits per heavy atom. The lowest BCUT2D eigenvalue weighted by molar-refractivity contribution is -0.137. The zero-order chi connectivity index (χ0) is 18.6. The Morgan fingerprint density at radius 1 is 1.08 bits per heavy atom. The van der Waals surface area contributed by atoms with Crippen LogP contribution in [0.5, 0.6) is 0 Å². The van der Waals surface area contributed by atoms with E-state index in [1.165, 1.54) is 24.3 Å². The van der Waals surface area contributed by atoms with Gasteiger partial charge in [0.25, 0.3) is 5.91 Å². The molecule has 2 N–H and O–H groups in total. The number of carbonyl (C=O) groups is 1. The molecule has 0 spiro atoms. The summed E-state index contributed by atoms with van der Waals surface area (Å²) in [7, 11) is 0. The molecule has 2 rings (SSSR count). The number of nitrogens with one attached hydrogen (secondary N) is 1. The van der Waals surface area contributed by atoms with Gasteiger partial charge in [-0.15, -0.1) is 0 Å². The number of hydrogen-bond acceptors (Lipinski definition) is 3. The quantitative estimate of drug-likeness (QED) is 0.376. The molecule has 25 heavy (non-hydrogen) atoms. The first kappa shape index (κ1) is 18.0. The van der Waals surface area contributed by atoms with E-state index in [9.17, 15) is 27.5 Å². The van der Waals surface area contributed by atoms with Crippen LogP contribution in [-0.4, -0.2) is 11.0 Å². The van der Waals surface area contributed by atoms with Crippen LogP contribution in [0.2, 0.25) is 0 Å². The van der Waals surface area contributed by atoms with Gasteiger partial charge in [0, 0.05) is 5.69 Å². The van der Waals surface area contributed by atoms with Crippen LogP contribution in [0.3, 0.4) is 0 Å². The number of carbonyl (C=O) groups excluding carboxylic acids is 1. The number of benzene rings is 2. The van der Waals surface area contributed by atoms with Gasteiger partial charge >= 0.3 is 6.18 Å². The first-order valence-electron chi connectivity index (χ1n) is 6.81. The second-order valence-electron chi connectivity index (χ2n) is 4.84. The lowest BCUT2D eigenvalue weighted by atomic mass is 10.1. The van der Waals surface area contributed by atoms with E-state index in [1.54, 1.807) is 0 Å². The fourth-order valence-electron chi connectivity index (χ4n) is 1.94. The third-order valence-electron chi connectivity index (χ3n) is 3.17. The van der Waals surface area contributed by atoms with E-state index in [0.29, 0.717) is 0 Å². The summed E-state index contributed by atoms with van der Waals surface area (Å²) in [5, 5.41) is 21.2. The molecule has 8 heteroatoms. The summed E-state index contributed by atoms with van der Waals surface area (Å²) in [5.41, 5.74) is -2.05. The molecule has 0 atom stereocenters. The Hall–Kier alpha value is -3.34. The highest BCUT2D eigenvalue weighted by molar-refractivity contribution is 6.10. The summed E-state index contributed by atoms with van der Waals surface area (Å²) in [6, 6.07) is 9.92. The number of amides is 1. The molecule has 0 aliphatic heterocycles. The number of nitriles is 1. The summed E-state index contributed by atoms with van der Waals surface area (Å²) < 4.78 is 51.1. The minimum atomic E-state index is -4.52. The molecule has 0 fully saturated rings. The lowest BCUT2D eigenvalue weighted by Crippen LogP contribution is -2.15. The van der Waals surface area contributed by atoms with Gasteiger partial charge in [-0.1, -0.05) is 12.1 Å². The number of nitrogens with zero attached hydrogens (tertiary/aromatic N) is 1. The third kappa shape index (κ3) is 4.14. The molecule has 0 aromatic heterocycles. The molecule has 0 bridgehead atoms. The van der Waals surface area contributed by atoms with Gasteiger partial charge in [-0.3, -0.25) is 4.79 Å². The molecule has 1 amide bonds. The second kappa shape index (κ2) is 7.05. The Morgan fingerprint density at radius 3 is 2.20 bits per heavy atom. The molecule has 0 radical (unpaired) electrons. The van der Waals surface area contributed by atoms with Crippen molar-refractivity contribution in [2.75, 3.05) is 5.32 Å². The van der Waals surface area contributed by atoms with Gasteiger partial charge in [0.2, 0.25) is 0 Å². The Bertz CT molecular complexity index is 865. The maximum atomic E-state index is 13.6. The van der Waals surface area contributed by atoms with Crippen LogP contribution < -0.4 is 5.32 Å². The van der Waals surface area contributed by atoms with Crippen molar-refractivity contribution in [2.45, 2.75) is 6.18 Å². The van der Waals surface area contributed by atoms with E-state index in [2.05, 4.69) is 5.32 Å². The van der Waals surface area contributed by atoms with E-state index < -0.39 is 34.8 Å². The Labute approximate surface area is 139 Å². The van der Waals surface area contributed by atoms with Crippen molar-refractivity contribution >= 4 is 17.4 Å². The second-order valence-corrected chi connectivity index (χ2v) is 4.84. The van der Waals surface area contributed by atoms with Crippen molar-refractivity contribution in [1.82, 2.24) is 0 Å². The molecule has 0 saturated carbocycles. The number of alkyl halides is 3. The van der Waals surface area contributed by atoms with Gasteiger partial charge in [0.1, 0.15) is 17.6 Å². The molecule has 0 aliphatic carbocycles. The molecule has 0 unspecified atom stereocenters. The van der Waals surface area contributed by atoms with E-state index >= 15 is 0 Å². The minimum absolute atomic E-state index is 0.0212. The molecular weight excluding hydrogens is 340 g/mol. The maximum absolute atomic E-state index is 13.6. The average Bonchev–Trinajstić information content (AvgIpc) is 2.55. The SMILES string of the molecule is N#CC(C(=O)Nc1ccc(C(F)(F)F)cc1)=C(O)c1ccccc1F. The third-order valence-corrected chi connectivity index (χ3v) is 3.17. The first-order valence-corrected chi connectivity index (χ1v) is 6.81. The molecule has 128 valence electrons. The number of aliphatic hydroxyl groups is 1. The standard InChI is InChI=1S/C17H10F4N2O2/c18-14-4-2-1-3-12(14)15(24)13(9-22)16(25)23-11-7-5-10(6-8-11)17(19,20)21/h1-8,24H,(H,23,25). The number of anilines is 1. The fourth-order valence-corrected chi connectivity index (χ4v) is 1.94. The zero-order valence-electron chi connectivity index (χ0n) is 12.4. The zero-order valence-corrected chi connectivity index (χ0v) is 12.4. The van der Waals surface area contributed by atoms with E-state index in [0.717, 1.165) is 30.3 Å². The minimum Gasteiger partial charge on any atom is -0.506 e. The van der Waals surface area contributed by atoms with Gasteiger partial charge < -0.3 is 10.4 Å². The Balaban J connectivity index is 2.28. The molecule has 2 aromatic rings. The lowest BCUT2D eigenvalue weighted by Gasteiger charge is -2.09. The summed E-state index contributed by atoms with van der Waals surface area (Å²) in [6.45, 7) is 0. The van der Waals surface area contributed by atoms with Crippen molar-refractivity contribution in [3.05, 3.63) is 71.0 Å². The molecule has 4 nitrogen and oxygen atoms in total. The molecule has 0 aliphatic rings. The van der Waals surface area contributed by atoms with Gasteiger partial charge in [0.15, 0.2) is 5.57 Å². The van der Waals surface area contributed by atoms with Crippen molar-refractivity contribution in [2.24, 2.45) is 0 Å². The van der Waals surface area contributed by atoms with Crippen LogP contribution in [0.25, 0.3) is 5.76 Å². The topological polar surface area (TPSA) is 73.1 Å². The summed E-state index contributed by atoms with van der Waals surface area (Å²) in [5.74, 6) is -2.79. The van der Waals surface area contributed by atoms with E-state index in [1.807, 2.05) is 0 Å². The van der Waals surface area contributed by atoms with Crippen molar-refractivity contribution in [3.8, 4) is 6.07 Å². The van der Waals surface area contributed by atoms with Crippen LogP contribution in [0.4, 0.5) is 23.2 Å².